The molecule has 0 aliphatic carbocycles. The fraction of sp³-hybridized carbons (Fsp3) is 0.261. The first-order chi connectivity index (χ1) is 13.7. The summed E-state index contributed by atoms with van der Waals surface area (Å²) in [4.78, 5) is 15.2. The van der Waals surface area contributed by atoms with Gasteiger partial charge in [-0.25, -0.2) is 4.79 Å². The first-order valence-corrected chi connectivity index (χ1v) is 9.65. The number of amides is 2. The minimum atomic E-state index is -0.160. The van der Waals surface area contributed by atoms with Crippen molar-refractivity contribution in [3.8, 4) is 5.75 Å². The Kier molecular flexibility index (Phi) is 5.06. The molecule has 0 fully saturated rings. The van der Waals surface area contributed by atoms with Gasteiger partial charge < -0.3 is 19.5 Å². The molecule has 0 bridgehead atoms. The monoisotopic (exact) mass is 375 g/mol. The first-order valence-electron chi connectivity index (χ1n) is 9.65. The second-order valence-electron chi connectivity index (χ2n) is 6.94. The van der Waals surface area contributed by atoms with Crippen LogP contribution in [-0.4, -0.2) is 29.2 Å². The molecule has 2 amide bonds. The highest BCUT2D eigenvalue weighted by Gasteiger charge is 2.32. The highest BCUT2D eigenvalue weighted by atomic mass is 16.5. The van der Waals surface area contributed by atoms with Gasteiger partial charge >= 0.3 is 6.03 Å². The van der Waals surface area contributed by atoms with Gasteiger partial charge in [0.2, 0.25) is 0 Å². The fourth-order valence-corrected chi connectivity index (χ4v) is 3.90. The summed E-state index contributed by atoms with van der Waals surface area (Å²) in [5.41, 5.74) is 4.16. The van der Waals surface area contributed by atoms with Gasteiger partial charge in [-0.05, 0) is 47.9 Å². The molecule has 1 aliphatic heterocycles. The second kappa shape index (κ2) is 7.80. The van der Waals surface area contributed by atoms with Crippen molar-refractivity contribution < 1.29 is 9.53 Å². The molecular weight excluding hydrogens is 350 g/mol. The number of anilines is 1. The molecule has 5 nitrogen and oxygen atoms in total. The third-order valence-corrected chi connectivity index (χ3v) is 5.35. The van der Waals surface area contributed by atoms with Crippen molar-refractivity contribution in [1.82, 2.24) is 9.47 Å². The summed E-state index contributed by atoms with van der Waals surface area (Å²) in [6.45, 7) is 3.52. The number of rotatable bonds is 4. The number of nitrogens with zero attached hydrogens (tertiary/aromatic N) is 2. The number of benzene rings is 2. The zero-order valence-corrected chi connectivity index (χ0v) is 16.3. The summed E-state index contributed by atoms with van der Waals surface area (Å²) < 4.78 is 7.63. The van der Waals surface area contributed by atoms with Crippen LogP contribution in [0.2, 0.25) is 0 Å². The molecular formula is C23H25N3O2. The first kappa shape index (κ1) is 18.2. The van der Waals surface area contributed by atoms with E-state index in [1.54, 1.807) is 7.11 Å². The maximum absolute atomic E-state index is 13.3. The van der Waals surface area contributed by atoms with Crippen LogP contribution in [0.3, 0.4) is 0 Å². The molecule has 3 aromatic rings. The van der Waals surface area contributed by atoms with E-state index in [2.05, 4.69) is 41.2 Å². The Morgan fingerprint density at radius 1 is 1.11 bits per heavy atom. The third-order valence-electron chi connectivity index (χ3n) is 5.35. The smallest absolute Gasteiger partial charge is 0.322 e. The number of hydrogen-bond acceptors (Lipinski definition) is 2. The maximum atomic E-state index is 13.3. The number of para-hydroxylation sites is 1. The highest BCUT2D eigenvalue weighted by Crippen LogP contribution is 2.34. The van der Waals surface area contributed by atoms with Crippen molar-refractivity contribution in [2.45, 2.75) is 25.9 Å². The summed E-state index contributed by atoms with van der Waals surface area (Å²) in [5, 5.41) is 3.13. The SMILES string of the molecule is CCc1ccccc1NC(=O)N1CCn2cccc2C1c1cccc(OC)c1. The third kappa shape index (κ3) is 3.36. The summed E-state index contributed by atoms with van der Waals surface area (Å²) in [5.74, 6) is 0.790. The molecule has 2 heterocycles. The Morgan fingerprint density at radius 3 is 2.79 bits per heavy atom. The number of carbonyl (C=O) groups excluding carboxylic acids is 1. The lowest BCUT2D eigenvalue weighted by Crippen LogP contribution is -2.44. The van der Waals surface area contributed by atoms with E-state index >= 15 is 0 Å². The zero-order chi connectivity index (χ0) is 19.5. The lowest BCUT2D eigenvalue weighted by Gasteiger charge is -2.37. The predicted octanol–water partition coefficient (Wildman–Crippen LogP) is 4.70. The molecule has 0 spiro atoms. The Morgan fingerprint density at radius 2 is 1.96 bits per heavy atom. The van der Waals surface area contributed by atoms with Crippen LogP contribution in [0, 0.1) is 0 Å². The number of fused-ring (bicyclic) bond motifs is 1. The van der Waals surface area contributed by atoms with Gasteiger partial charge in [-0.15, -0.1) is 0 Å². The van der Waals surface area contributed by atoms with Crippen LogP contribution in [0.1, 0.15) is 29.8 Å². The molecule has 1 N–H and O–H groups in total. The van der Waals surface area contributed by atoms with E-state index in [0.717, 1.165) is 41.2 Å². The largest absolute Gasteiger partial charge is 0.497 e. The van der Waals surface area contributed by atoms with Crippen LogP contribution >= 0.6 is 0 Å². The maximum Gasteiger partial charge on any atom is 0.322 e. The van der Waals surface area contributed by atoms with E-state index < -0.39 is 0 Å². The summed E-state index contributed by atoms with van der Waals surface area (Å²) in [6.07, 6.45) is 2.95. The van der Waals surface area contributed by atoms with Gasteiger partial charge in [0.05, 0.1) is 13.2 Å². The number of nitrogens with one attached hydrogen (secondary N) is 1. The zero-order valence-electron chi connectivity index (χ0n) is 16.3. The lowest BCUT2D eigenvalue weighted by molar-refractivity contribution is 0.181. The van der Waals surface area contributed by atoms with Crippen LogP contribution in [0.15, 0.2) is 66.9 Å². The molecule has 1 atom stereocenters. The molecule has 0 saturated carbocycles. The van der Waals surface area contributed by atoms with Crippen molar-refractivity contribution in [3.05, 3.63) is 83.7 Å². The van der Waals surface area contributed by atoms with Crippen LogP contribution in [0.5, 0.6) is 5.75 Å². The molecule has 1 unspecified atom stereocenters. The minimum Gasteiger partial charge on any atom is -0.497 e. The topological polar surface area (TPSA) is 46.5 Å². The predicted molar refractivity (Wildman–Crippen MR) is 111 cm³/mol. The molecule has 1 aromatic heterocycles. The Labute approximate surface area is 165 Å². The highest BCUT2D eigenvalue weighted by molar-refractivity contribution is 5.90. The number of aromatic nitrogens is 1. The molecule has 1 aliphatic rings. The van der Waals surface area contributed by atoms with Crippen molar-refractivity contribution in [1.29, 1.82) is 0 Å². The Bertz CT molecular complexity index is 979. The van der Waals surface area contributed by atoms with Gasteiger partial charge in [-0.3, -0.25) is 0 Å². The average molecular weight is 375 g/mol. The van der Waals surface area contributed by atoms with Crippen molar-refractivity contribution in [3.63, 3.8) is 0 Å². The van der Waals surface area contributed by atoms with Crippen molar-refractivity contribution in [2.75, 3.05) is 19.0 Å². The summed E-state index contributed by atoms with van der Waals surface area (Å²) in [6, 6.07) is 19.8. The summed E-state index contributed by atoms with van der Waals surface area (Å²) in [7, 11) is 1.66. The van der Waals surface area contributed by atoms with Gasteiger partial charge in [0.25, 0.3) is 0 Å². The molecule has 5 heteroatoms. The van der Waals surface area contributed by atoms with Gasteiger partial charge in [0, 0.05) is 30.7 Å². The Hall–Kier alpha value is -3.21. The number of urea groups is 1. The van der Waals surface area contributed by atoms with E-state index in [1.165, 1.54) is 0 Å². The normalized spacial score (nSPS) is 15.8. The van der Waals surface area contributed by atoms with Crippen LogP contribution in [-0.2, 0) is 13.0 Å². The van der Waals surface area contributed by atoms with E-state index in [1.807, 2.05) is 47.4 Å². The van der Waals surface area contributed by atoms with E-state index in [9.17, 15) is 4.79 Å². The van der Waals surface area contributed by atoms with Gasteiger partial charge in [0.15, 0.2) is 0 Å². The van der Waals surface area contributed by atoms with Crippen LogP contribution in [0.25, 0.3) is 0 Å². The van der Waals surface area contributed by atoms with Crippen LogP contribution in [0.4, 0.5) is 10.5 Å². The van der Waals surface area contributed by atoms with E-state index in [-0.39, 0.29) is 12.1 Å². The molecule has 4 rings (SSSR count). The van der Waals surface area contributed by atoms with Crippen molar-refractivity contribution in [2.24, 2.45) is 0 Å². The van der Waals surface area contributed by atoms with Crippen LogP contribution < -0.4 is 10.1 Å². The summed E-state index contributed by atoms with van der Waals surface area (Å²) >= 11 is 0. The average Bonchev–Trinajstić information content (AvgIpc) is 3.22. The number of carbonyl (C=O) groups is 1. The molecule has 144 valence electrons. The standard InChI is InChI=1S/C23H25N3O2/c1-3-17-8-4-5-11-20(17)24-23(27)26-15-14-25-13-7-12-21(25)22(26)18-9-6-10-19(16-18)28-2/h4-13,16,22H,3,14-15H2,1-2H3,(H,24,27). The molecule has 28 heavy (non-hydrogen) atoms. The molecule has 0 saturated heterocycles. The van der Waals surface area contributed by atoms with E-state index in [4.69, 9.17) is 4.74 Å². The molecule has 0 radical (unpaired) electrons. The van der Waals surface area contributed by atoms with Crippen molar-refractivity contribution >= 4 is 11.7 Å². The number of hydrogen-bond donors (Lipinski definition) is 1. The van der Waals surface area contributed by atoms with Gasteiger partial charge in [-0.2, -0.15) is 0 Å². The fourth-order valence-electron chi connectivity index (χ4n) is 3.90. The van der Waals surface area contributed by atoms with Gasteiger partial charge in [0.1, 0.15) is 5.75 Å². The quantitative estimate of drug-likeness (QED) is 0.719. The number of aryl methyl sites for hydroxylation is 1. The minimum absolute atomic E-state index is 0.0823. The Balaban J connectivity index is 1.69. The lowest BCUT2D eigenvalue weighted by atomic mass is 10.00. The van der Waals surface area contributed by atoms with Gasteiger partial charge in [-0.1, -0.05) is 37.3 Å². The number of methoxy groups -OCH3 is 1. The molecule has 2 aromatic carbocycles. The second-order valence-corrected chi connectivity index (χ2v) is 6.94. The van der Waals surface area contributed by atoms with E-state index in [0.29, 0.717) is 6.54 Å². The number of ether oxygens (including phenoxy) is 1.